The second-order valence-electron chi connectivity index (χ2n) is 4.30. The molecule has 0 saturated heterocycles. The Bertz CT molecular complexity index is 496. The Labute approximate surface area is 101 Å². The van der Waals surface area contributed by atoms with Crippen molar-refractivity contribution in [3.63, 3.8) is 0 Å². The van der Waals surface area contributed by atoms with Crippen LogP contribution in [0.1, 0.15) is 28.6 Å². The van der Waals surface area contributed by atoms with Gasteiger partial charge in [0.05, 0.1) is 0 Å². The summed E-state index contributed by atoms with van der Waals surface area (Å²) in [7, 11) is 1.97. The number of nitrogens with zero attached hydrogens (tertiary/aromatic N) is 2. The highest BCUT2D eigenvalue weighted by molar-refractivity contribution is 5.39. The minimum Gasteiger partial charge on any atom is -0.336 e. The third-order valence-corrected chi connectivity index (χ3v) is 3.11. The van der Waals surface area contributed by atoms with Gasteiger partial charge in [0.15, 0.2) is 0 Å². The van der Waals surface area contributed by atoms with Gasteiger partial charge in [-0.15, -0.1) is 0 Å². The Morgan fingerprint density at radius 2 is 1.94 bits per heavy atom. The monoisotopic (exact) mass is 230 g/mol. The molecule has 0 radical (unpaired) electrons. The van der Waals surface area contributed by atoms with E-state index >= 15 is 0 Å². The van der Waals surface area contributed by atoms with E-state index < -0.39 is 0 Å². The van der Waals surface area contributed by atoms with Gasteiger partial charge in [-0.2, -0.15) is 0 Å². The van der Waals surface area contributed by atoms with Gasteiger partial charge >= 0.3 is 0 Å². The molecule has 0 saturated carbocycles. The standard InChI is InChI=1S/C13H18N4/c1-9-5-4-6-10(2)11(9)12(16-14)13-15-7-8-17(13)3/h4-8,12,16H,14H2,1-3H3. The van der Waals surface area contributed by atoms with E-state index in [0.29, 0.717) is 0 Å². The number of imidazole rings is 1. The van der Waals surface area contributed by atoms with Crippen LogP contribution < -0.4 is 11.3 Å². The number of hydrogen-bond donors (Lipinski definition) is 2. The van der Waals surface area contributed by atoms with Gasteiger partial charge < -0.3 is 4.57 Å². The first kappa shape index (κ1) is 11.8. The molecule has 2 aromatic rings. The summed E-state index contributed by atoms with van der Waals surface area (Å²) in [5.41, 5.74) is 6.50. The molecule has 0 aliphatic carbocycles. The van der Waals surface area contributed by atoms with Crippen molar-refractivity contribution in [2.24, 2.45) is 12.9 Å². The van der Waals surface area contributed by atoms with Crippen LogP contribution in [0.15, 0.2) is 30.6 Å². The predicted octanol–water partition coefficient (Wildman–Crippen LogP) is 1.59. The summed E-state index contributed by atoms with van der Waals surface area (Å²) in [4.78, 5) is 4.37. The molecule has 1 heterocycles. The predicted molar refractivity (Wildman–Crippen MR) is 68.3 cm³/mol. The molecule has 4 heteroatoms. The molecule has 0 fully saturated rings. The summed E-state index contributed by atoms with van der Waals surface area (Å²) < 4.78 is 1.98. The van der Waals surface area contributed by atoms with E-state index in [1.807, 2.05) is 17.8 Å². The van der Waals surface area contributed by atoms with E-state index in [-0.39, 0.29) is 6.04 Å². The molecular formula is C13H18N4. The molecule has 2 rings (SSSR count). The van der Waals surface area contributed by atoms with Crippen molar-refractivity contribution < 1.29 is 0 Å². The fourth-order valence-electron chi connectivity index (χ4n) is 2.22. The average molecular weight is 230 g/mol. The molecule has 1 aromatic carbocycles. The van der Waals surface area contributed by atoms with Gasteiger partial charge in [-0.3, -0.25) is 5.84 Å². The number of aryl methyl sites for hydroxylation is 3. The number of aromatic nitrogens is 2. The Hall–Kier alpha value is -1.65. The number of rotatable bonds is 3. The molecule has 17 heavy (non-hydrogen) atoms. The lowest BCUT2D eigenvalue weighted by molar-refractivity contribution is 0.575. The second-order valence-corrected chi connectivity index (χ2v) is 4.30. The van der Waals surface area contributed by atoms with Crippen molar-refractivity contribution in [2.45, 2.75) is 19.9 Å². The summed E-state index contributed by atoms with van der Waals surface area (Å²) in [6.45, 7) is 4.19. The minimum atomic E-state index is -0.0730. The van der Waals surface area contributed by atoms with Crippen LogP contribution in [0.5, 0.6) is 0 Å². The first-order valence-corrected chi connectivity index (χ1v) is 5.64. The van der Waals surface area contributed by atoms with E-state index in [1.165, 1.54) is 16.7 Å². The average Bonchev–Trinajstić information content (AvgIpc) is 2.70. The molecule has 0 aliphatic rings. The van der Waals surface area contributed by atoms with E-state index in [2.05, 4.69) is 42.5 Å². The smallest absolute Gasteiger partial charge is 0.131 e. The van der Waals surface area contributed by atoms with E-state index in [4.69, 9.17) is 5.84 Å². The maximum atomic E-state index is 5.70. The molecule has 0 spiro atoms. The van der Waals surface area contributed by atoms with Gasteiger partial charge in [-0.25, -0.2) is 10.4 Å². The van der Waals surface area contributed by atoms with Crippen molar-refractivity contribution in [3.05, 3.63) is 53.1 Å². The van der Waals surface area contributed by atoms with Crippen molar-refractivity contribution in [3.8, 4) is 0 Å². The molecule has 0 bridgehead atoms. The molecular weight excluding hydrogens is 212 g/mol. The minimum absolute atomic E-state index is 0.0730. The third kappa shape index (κ3) is 2.09. The number of benzene rings is 1. The largest absolute Gasteiger partial charge is 0.336 e. The molecule has 1 atom stereocenters. The lowest BCUT2D eigenvalue weighted by Gasteiger charge is -2.20. The molecule has 0 aliphatic heterocycles. The Morgan fingerprint density at radius 1 is 1.29 bits per heavy atom. The quantitative estimate of drug-likeness (QED) is 0.622. The Kier molecular flexibility index (Phi) is 3.26. The van der Waals surface area contributed by atoms with Gasteiger partial charge in [0, 0.05) is 19.4 Å². The summed E-state index contributed by atoms with van der Waals surface area (Å²) >= 11 is 0. The summed E-state index contributed by atoms with van der Waals surface area (Å²) in [5, 5.41) is 0. The number of hydrogen-bond acceptors (Lipinski definition) is 3. The normalized spacial score (nSPS) is 12.7. The van der Waals surface area contributed by atoms with Gasteiger partial charge in [-0.05, 0) is 30.5 Å². The molecule has 4 nitrogen and oxygen atoms in total. The lowest BCUT2D eigenvalue weighted by Crippen LogP contribution is -2.31. The zero-order valence-corrected chi connectivity index (χ0v) is 10.4. The van der Waals surface area contributed by atoms with Crippen molar-refractivity contribution >= 4 is 0 Å². The molecule has 1 unspecified atom stereocenters. The van der Waals surface area contributed by atoms with Crippen LogP contribution in [0.25, 0.3) is 0 Å². The van der Waals surface area contributed by atoms with E-state index in [0.717, 1.165) is 5.82 Å². The van der Waals surface area contributed by atoms with E-state index in [9.17, 15) is 0 Å². The van der Waals surface area contributed by atoms with Crippen LogP contribution >= 0.6 is 0 Å². The number of nitrogens with one attached hydrogen (secondary N) is 1. The topological polar surface area (TPSA) is 55.9 Å². The molecule has 3 N–H and O–H groups in total. The molecule has 0 amide bonds. The van der Waals surface area contributed by atoms with Crippen molar-refractivity contribution in [2.75, 3.05) is 0 Å². The fraction of sp³-hybridized carbons (Fsp3) is 0.308. The number of nitrogens with two attached hydrogens (primary N) is 1. The maximum Gasteiger partial charge on any atom is 0.131 e. The Morgan fingerprint density at radius 3 is 2.41 bits per heavy atom. The van der Waals surface area contributed by atoms with Gasteiger partial charge in [-0.1, -0.05) is 18.2 Å². The lowest BCUT2D eigenvalue weighted by atomic mass is 9.96. The van der Waals surface area contributed by atoms with Crippen LogP contribution in [0.3, 0.4) is 0 Å². The summed E-state index contributed by atoms with van der Waals surface area (Å²) in [5.74, 6) is 6.62. The summed E-state index contributed by atoms with van der Waals surface area (Å²) in [6, 6.07) is 6.17. The van der Waals surface area contributed by atoms with Crippen LogP contribution in [0.2, 0.25) is 0 Å². The van der Waals surface area contributed by atoms with Crippen LogP contribution in [-0.4, -0.2) is 9.55 Å². The fourth-order valence-corrected chi connectivity index (χ4v) is 2.22. The highest BCUT2D eigenvalue weighted by Gasteiger charge is 2.20. The number of hydrazine groups is 1. The van der Waals surface area contributed by atoms with Crippen LogP contribution in [0, 0.1) is 13.8 Å². The molecule has 90 valence electrons. The first-order valence-electron chi connectivity index (χ1n) is 5.64. The second kappa shape index (κ2) is 4.69. The Balaban J connectivity index is 2.53. The zero-order chi connectivity index (χ0) is 12.4. The SMILES string of the molecule is Cc1cccc(C)c1C(NN)c1nccn1C. The van der Waals surface area contributed by atoms with Gasteiger partial charge in [0.25, 0.3) is 0 Å². The molecule has 1 aromatic heterocycles. The highest BCUT2D eigenvalue weighted by atomic mass is 15.3. The van der Waals surface area contributed by atoms with E-state index in [1.54, 1.807) is 6.20 Å². The van der Waals surface area contributed by atoms with Crippen LogP contribution in [0.4, 0.5) is 0 Å². The zero-order valence-electron chi connectivity index (χ0n) is 10.4. The van der Waals surface area contributed by atoms with Crippen molar-refractivity contribution in [1.82, 2.24) is 15.0 Å². The highest BCUT2D eigenvalue weighted by Crippen LogP contribution is 2.25. The van der Waals surface area contributed by atoms with Crippen LogP contribution in [-0.2, 0) is 7.05 Å². The van der Waals surface area contributed by atoms with Crippen molar-refractivity contribution in [1.29, 1.82) is 0 Å². The van der Waals surface area contributed by atoms with Gasteiger partial charge in [0.2, 0.25) is 0 Å². The van der Waals surface area contributed by atoms with Gasteiger partial charge in [0.1, 0.15) is 11.9 Å². The third-order valence-electron chi connectivity index (χ3n) is 3.11. The first-order chi connectivity index (χ1) is 8.15. The maximum absolute atomic E-state index is 5.70. The summed E-state index contributed by atoms with van der Waals surface area (Å²) in [6.07, 6.45) is 3.71.